The van der Waals surface area contributed by atoms with E-state index in [9.17, 15) is 9.59 Å². The van der Waals surface area contributed by atoms with Gasteiger partial charge in [-0.15, -0.1) is 0 Å². The van der Waals surface area contributed by atoms with Crippen molar-refractivity contribution in [3.63, 3.8) is 0 Å². The van der Waals surface area contributed by atoms with E-state index >= 15 is 0 Å². The predicted octanol–water partition coefficient (Wildman–Crippen LogP) is 6.35. The van der Waals surface area contributed by atoms with Crippen LogP contribution in [0.2, 0.25) is 0 Å². The van der Waals surface area contributed by atoms with E-state index in [0.717, 1.165) is 38.5 Å². The van der Waals surface area contributed by atoms with Crippen molar-refractivity contribution in [3.8, 4) is 0 Å². The standard InChI is InChI=1S/C22H42O4/c1-4-7-9-10-11-12-13-14-19-25-21(23)17-15-18-22(24)26-20(6-3)16-8-5-2/h20H,4-19H2,1-3H3. The van der Waals surface area contributed by atoms with E-state index in [2.05, 4.69) is 13.8 Å². The first-order valence-electron chi connectivity index (χ1n) is 11.0. The third kappa shape index (κ3) is 16.4. The van der Waals surface area contributed by atoms with Crippen LogP contribution in [0, 0.1) is 0 Å². The van der Waals surface area contributed by atoms with Crippen LogP contribution in [0.3, 0.4) is 0 Å². The molecule has 0 fully saturated rings. The minimum atomic E-state index is -0.196. The largest absolute Gasteiger partial charge is 0.466 e. The summed E-state index contributed by atoms with van der Waals surface area (Å²) in [5.74, 6) is -0.386. The fraction of sp³-hybridized carbons (Fsp3) is 0.909. The molecule has 0 radical (unpaired) electrons. The van der Waals surface area contributed by atoms with Gasteiger partial charge in [0.1, 0.15) is 6.10 Å². The molecule has 1 atom stereocenters. The first-order chi connectivity index (χ1) is 12.6. The molecule has 0 saturated heterocycles. The molecule has 0 bridgehead atoms. The molecule has 0 aromatic heterocycles. The molecule has 1 unspecified atom stereocenters. The first kappa shape index (κ1) is 24.9. The maximum Gasteiger partial charge on any atom is 0.306 e. The van der Waals surface area contributed by atoms with Gasteiger partial charge in [0.15, 0.2) is 0 Å². The van der Waals surface area contributed by atoms with Gasteiger partial charge in [-0.3, -0.25) is 9.59 Å². The Kier molecular flexibility index (Phi) is 18.0. The Morgan fingerprint density at radius 2 is 1.27 bits per heavy atom. The molecule has 0 aromatic carbocycles. The van der Waals surface area contributed by atoms with Crippen LogP contribution >= 0.6 is 0 Å². The Labute approximate surface area is 161 Å². The quantitative estimate of drug-likeness (QED) is 0.208. The molecule has 0 aliphatic rings. The number of hydrogen-bond donors (Lipinski definition) is 0. The Morgan fingerprint density at radius 3 is 1.88 bits per heavy atom. The molecule has 0 aromatic rings. The topological polar surface area (TPSA) is 52.6 Å². The van der Waals surface area contributed by atoms with Crippen LogP contribution in [-0.2, 0) is 19.1 Å². The molecule has 0 aliphatic heterocycles. The summed E-state index contributed by atoms with van der Waals surface area (Å²) in [7, 11) is 0. The van der Waals surface area contributed by atoms with E-state index in [0.29, 0.717) is 25.9 Å². The third-order valence-electron chi connectivity index (χ3n) is 4.66. The van der Waals surface area contributed by atoms with E-state index in [1.807, 2.05) is 6.92 Å². The van der Waals surface area contributed by atoms with Gasteiger partial charge in [0.2, 0.25) is 0 Å². The smallest absolute Gasteiger partial charge is 0.306 e. The molecule has 4 nitrogen and oxygen atoms in total. The van der Waals surface area contributed by atoms with E-state index in [1.165, 1.54) is 38.5 Å². The maximum atomic E-state index is 11.8. The second kappa shape index (κ2) is 18.7. The molecule has 0 saturated carbocycles. The lowest BCUT2D eigenvalue weighted by Gasteiger charge is -2.15. The predicted molar refractivity (Wildman–Crippen MR) is 107 cm³/mol. The maximum absolute atomic E-state index is 11.8. The number of esters is 2. The summed E-state index contributed by atoms with van der Waals surface area (Å²) in [6, 6.07) is 0. The highest BCUT2D eigenvalue weighted by molar-refractivity contribution is 5.72. The Hall–Kier alpha value is -1.06. The van der Waals surface area contributed by atoms with Gasteiger partial charge in [0.25, 0.3) is 0 Å². The van der Waals surface area contributed by atoms with Crippen molar-refractivity contribution in [2.24, 2.45) is 0 Å². The summed E-state index contributed by atoms with van der Waals surface area (Å²) in [5.41, 5.74) is 0. The van der Waals surface area contributed by atoms with Gasteiger partial charge in [0, 0.05) is 12.8 Å². The van der Waals surface area contributed by atoms with Gasteiger partial charge in [-0.2, -0.15) is 0 Å². The zero-order valence-corrected chi connectivity index (χ0v) is 17.5. The van der Waals surface area contributed by atoms with Crippen molar-refractivity contribution in [1.29, 1.82) is 0 Å². The average Bonchev–Trinajstić information content (AvgIpc) is 2.63. The SMILES string of the molecule is CCCCCCCCCCOC(=O)CCCC(=O)OC(CC)CCCC. The third-order valence-corrected chi connectivity index (χ3v) is 4.66. The Morgan fingerprint density at radius 1 is 0.692 bits per heavy atom. The number of hydrogen-bond acceptors (Lipinski definition) is 4. The average molecular weight is 371 g/mol. The molecule has 0 amide bonds. The van der Waals surface area contributed by atoms with Crippen molar-refractivity contribution in [3.05, 3.63) is 0 Å². The van der Waals surface area contributed by atoms with Crippen LogP contribution < -0.4 is 0 Å². The van der Waals surface area contributed by atoms with Crippen LogP contribution in [0.15, 0.2) is 0 Å². The van der Waals surface area contributed by atoms with E-state index in [4.69, 9.17) is 9.47 Å². The van der Waals surface area contributed by atoms with Crippen LogP contribution in [0.5, 0.6) is 0 Å². The van der Waals surface area contributed by atoms with E-state index < -0.39 is 0 Å². The Balaban J connectivity index is 3.51. The number of ether oxygens (including phenoxy) is 2. The molecule has 154 valence electrons. The summed E-state index contributed by atoms with van der Waals surface area (Å²) in [6.45, 7) is 6.91. The van der Waals surface area contributed by atoms with Gasteiger partial charge < -0.3 is 9.47 Å². The number of rotatable bonds is 18. The summed E-state index contributed by atoms with van der Waals surface area (Å²) in [6.07, 6.45) is 15.0. The van der Waals surface area contributed by atoms with Crippen molar-refractivity contribution in [2.45, 2.75) is 123 Å². The van der Waals surface area contributed by atoms with Crippen LogP contribution in [0.1, 0.15) is 117 Å². The van der Waals surface area contributed by atoms with Crippen molar-refractivity contribution in [1.82, 2.24) is 0 Å². The first-order valence-corrected chi connectivity index (χ1v) is 11.0. The number of unbranched alkanes of at least 4 members (excludes halogenated alkanes) is 8. The van der Waals surface area contributed by atoms with Gasteiger partial charge in [-0.1, -0.05) is 78.6 Å². The highest BCUT2D eigenvalue weighted by atomic mass is 16.5. The molecule has 0 aliphatic carbocycles. The Bertz CT molecular complexity index is 341. The highest BCUT2D eigenvalue weighted by Gasteiger charge is 2.13. The van der Waals surface area contributed by atoms with E-state index in [1.54, 1.807) is 0 Å². The lowest BCUT2D eigenvalue weighted by atomic mass is 10.1. The van der Waals surface area contributed by atoms with Crippen molar-refractivity contribution in [2.75, 3.05) is 6.61 Å². The van der Waals surface area contributed by atoms with Crippen molar-refractivity contribution >= 4 is 11.9 Å². The van der Waals surface area contributed by atoms with Crippen LogP contribution in [0.25, 0.3) is 0 Å². The molecular weight excluding hydrogens is 328 g/mol. The molecular formula is C22H42O4. The monoisotopic (exact) mass is 370 g/mol. The second-order valence-corrected chi connectivity index (χ2v) is 7.21. The summed E-state index contributed by atoms with van der Waals surface area (Å²) < 4.78 is 10.7. The second-order valence-electron chi connectivity index (χ2n) is 7.21. The summed E-state index contributed by atoms with van der Waals surface area (Å²) in [4.78, 5) is 23.5. The number of carbonyl (C=O) groups excluding carboxylic acids is 2. The van der Waals surface area contributed by atoms with Crippen molar-refractivity contribution < 1.29 is 19.1 Å². The molecule has 0 rings (SSSR count). The zero-order valence-electron chi connectivity index (χ0n) is 17.5. The molecule has 26 heavy (non-hydrogen) atoms. The van der Waals surface area contributed by atoms with Gasteiger partial charge in [0.05, 0.1) is 6.61 Å². The zero-order chi connectivity index (χ0) is 19.5. The highest BCUT2D eigenvalue weighted by Crippen LogP contribution is 2.11. The van der Waals surface area contributed by atoms with Gasteiger partial charge in [-0.25, -0.2) is 0 Å². The lowest BCUT2D eigenvalue weighted by molar-refractivity contribution is -0.150. The lowest BCUT2D eigenvalue weighted by Crippen LogP contribution is -2.17. The van der Waals surface area contributed by atoms with Crippen LogP contribution in [-0.4, -0.2) is 24.6 Å². The fourth-order valence-corrected chi connectivity index (χ4v) is 2.89. The molecule has 4 heteroatoms. The van der Waals surface area contributed by atoms with E-state index in [-0.39, 0.29) is 18.0 Å². The van der Waals surface area contributed by atoms with Gasteiger partial charge in [-0.05, 0) is 25.7 Å². The van der Waals surface area contributed by atoms with Crippen LogP contribution in [0.4, 0.5) is 0 Å². The molecule has 0 heterocycles. The van der Waals surface area contributed by atoms with Gasteiger partial charge >= 0.3 is 11.9 Å². The summed E-state index contributed by atoms with van der Waals surface area (Å²) >= 11 is 0. The minimum absolute atomic E-state index is 0.0244. The normalized spacial score (nSPS) is 12.0. The number of carbonyl (C=O) groups is 2. The molecule has 0 N–H and O–H groups in total. The fourth-order valence-electron chi connectivity index (χ4n) is 2.89. The summed E-state index contributed by atoms with van der Waals surface area (Å²) in [5, 5.41) is 0. The minimum Gasteiger partial charge on any atom is -0.466 e. The molecule has 0 spiro atoms.